The van der Waals surface area contributed by atoms with Crippen molar-refractivity contribution in [3.05, 3.63) is 47.5 Å². The molecule has 1 unspecified atom stereocenters. The number of aromatic carboxylic acids is 1. The van der Waals surface area contributed by atoms with Crippen LogP contribution in [0.25, 0.3) is 0 Å². The summed E-state index contributed by atoms with van der Waals surface area (Å²) in [7, 11) is 0. The summed E-state index contributed by atoms with van der Waals surface area (Å²) in [5, 5.41) is 9.03. The van der Waals surface area contributed by atoms with Gasteiger partial charge in [0.15, 0.2) is 29.1 Å². The number of hydrogen-bond acceptors (Lipinski definition) is 5. The molecule has 2 heterocycles. The number of rotatable bonds is 2. The van der Waals surface area contributed by atoms with Crippen LogP contribution < -0.4 is 9.47 Å². The second kappa shape index (κ2) is 4.80. The van der Waals surface area contributed by atoms with E-state index in [-0.39, 0.29) is 12.3 Å². The highest BCUT2D eigenvalue weighted by atomic mass is 16.6. The van der Waals surface area contributed by atoms with Gasteiger partial charge >= 0.3 is 5.97 Å². The van der Waals surface area contributed by atoms with Crippen molar-refractivity contribution < 1.29 is 19.4 Å². The molecule has 0 aliphatic carbocycles. The zero-order valence-corrected chi connectivity index (χ0v) is 10.7. The van der Waals surface area contributed by atoms with Gasteiger partial charge in [-0.15, -0.1) is 0 Å². The highest BCUT2D eigenvalue weighted by Crippen LogP contribution is 2.34. The van der Waals surface area contributed by atoms with Crippen LogP contribution in [0.1, 0.15) is 28.1 Å². The lowest BCUT2D eigenvalue weighted by Gasteiger charge is -2.25. The molecule has 0 saturated carbocycles. The van der Waals surface area contributed by atoms with Gasteiger partial charge in [-0.1, -0.05) is 12.1 Å². The van der Waals surface area contributed by atoms with E-state index in [0.717, 1.165) is 0 Å². The van der Waals surface area contributed by atoms with Crippen LogP contribution in [-0.2, 0) is 0 Å². The van der Waals surface area contributed by atoms with Gasteiger partial charge in [0.2, 0.25) is 0 Å². The molecule has 2 aromatic rings. The zero-order chi connectivity index (χ0) is 14.1. The summed E-state index contributed by atoms with van der Waals surface area (Å²) in [4.78, 5) is 19.3. The fourth-order valence-electron chi connectivity index (χ4n) is 1.99. The van der Waals surface area contributed by atoms with Gasteiger partial charge in [-0.25, -0.2) is 14.8 Å². The van der Waals surface area contributed by atoms with Crippen molar-refractivity contribution in [3.8, 4) is 11.5 Å². The third-order valence-corrected chi connectivity index (χ3v) is 2.89. The number of benzene rings is 1. The summed E-state index contributed by atoms with van der Waals surface area (Å²) in [6.45, 7) is 1.97. The Morgan fingerprint density at radius 3 is 2.80 bits per heavy atom. The topological polar surface area (TPSA) is 81.5 Å². The molecule has 0 amide bonds. The number of aryl methyl sites for hydroxylation is 1. The van der Waals surface area contributed by atoms with Crippen molar-refractivity contribution in [2.75, 3.05) is 6.61 Å². The van der Waals surface area contributed by atoms with Gasteiger partial charge in [0, 0.05) is 5.69 Å². The van der Waals surface area contributed by atoms with E-state index >= 15 is 0 Å². The molecule has 0 radical (unpaired) electrons. The Bertz CT molecular complexity index is 672. The number of carboxylic acid groups (broad SMARTS) is 1. The number of fused-ring (bicyclic) bond motifs is 1. The number of aromatic nitrogens is 2. The highest BCUT2D eigenvalue weighted by molar-refractivity contribution is 5.85. The fourth-order valence-corrected chi connectivity index (χ4v) is 1.99. The van der Waals surface area contributed by atoms with Crippen LogP contribution in [0.15, 0.2) is 30.3 Å². The minimum atomic E-state index is -1.09. The molecule has 1 aromatic carbocycles. The van der Waals surface area contributed by atoms with E-state index in [1.54, 1.807) is 13.0 Å². The number of carboxylic acids is 1. The largest absolute Gasteiger partial charge is 0.485 e. The minimum Gasteiger partial charge on any atom is -0.485 e. The molecule has 102 valence electrons. The van der Waals surface area contributed by atoms with Crippen LogP contribution in [0.5, 0.6) is 11.5 Å². The number of para-hydroxylation sites is 2. The van der Waals surface area contributed by atoms with Crippen molar-refractivity contribution in [3.63, 3.8) is 0 Å². The third kappa shape index (κ3) is 2.27. The van der Waals surface area contributed by atoms with E-state index in [0.29, 0.717) is 23.0 Å². The predicted molar refractivity (Wildman–Crippen MR) is 69.0 cm³/mol. The molecule has 20 heavy (non-hydrogen) atoms. The molecule has 0 fully saturated rings. The molecule has 0 bridgehead atoms. The molecular weight excluding hydrogens is 260 g/mol. The van der Waals surface area contributed by atoms with Crippen molar-refractivity contribution >= 4 is 5.97 Å². The van der Waals surface area contributed by atoms with Crippen LogP contribution in [-0.4, -0.2) is 27.7 Å². The maximum absolute atomic E-state index is 11.0. The van der Waals surface area contributed by atoms with E-state index in [4.69, 9.17) is 14.6 Å². The van der Waals surface area contributed by atoms with Crippen LogP contribution in [0.3, 0.4) is 0 Å². The van der Waals surface area contributed by atoms with Crippen molar-refractivity contribution in [2.24, 2.45) is 0 Å². The molecule has 3 rings (SSSR count). The molecular formula is C14H12N2O4. The van der Waals surface area contributed by atoms with E-state index < -0.39 is 12.1 Å². The minimum absolute atomic E-state index is 0.0463. The third-order valence-electron chi connectivity index (χ3n) is 2.89. The summed E-state index contributed by atoms with van der Waals surface area (Å²) in [5.74, 6) is 0.492. The lowest BCUT2D eigenvalue weighted by Crippen LogP contribution is -2.24. The molecule has 6 nitrogen and oxygen atoms in total. The second-order valence-electron chi connectivity index (χ2n) is 4.42. The van der Waals surface area contributed by atoms with Gasteiger partial charge < -0.3 is 14.6 Å². The lowest BCUT2D eigenvalue weighted by molar-refractivity contribution is 0.0682. The van der Waals surface area contributed by atoms with E-state index in [1.165, 1.54) is 6.07 Å². The Labute approximate surface area is 115 Å². The fraction of sp³-hybridized carbons (Fsp3) is 0.214. The Balaban J connectivity index is 1.93. The Hall–Kier alpha value is -2.63. The van der Waals surface area contributed by atoms with Crippen LogP contribution >= 0.6 is 0 Å². The Morgan fingerprint density at radius 1 is 1.30 bits per heavy atom. The first-order chi connectivity index (χ1) is 9.63. The number of ether oxygens (including phenoxy) is 2. The second-order valence-corrected chi connectivity index (χ2v) is 4.42. The standard InChI is InChI=1S/C14H12N2O4/c1-8-6-9(14(17)18)16-13(15-8)12-7-19-10-4-2-3-5-11(10)20-12/h2-6,12H,7H2,1H3,(H,17,18). The maximum Gasteiger partial charge on any atom is 0.354 e. The summed E-state index contributed by atoms with van der Waals surface area (Å²) in [5.41, 5.74) is 0.532. The maximum atomic E-state index is 11.0. The van der Waals surface area contributed by atoms with Gasteiger partial charge in [0.25, 0.3) is 0 Å². The Kier molecular flexibility index (Phi) is 2.98. The van der Waals surface area contributed by atoms with Crippen LogP contribution in [0, 0.1) is 6.92 Å². The first-order valence-corrected chi connectivity index (χ1v) is 6.11. The average Bonchev–Trinajstić information content (AvgIpc) is 2.46. The summed E-state index contributed by atoms with van der Waals surface area (Å²) < 4.78 is 11.3. The van der Waals surface area contributed by atoms with Crippen molar-refractivity contribution in [2.45, 2.75) is 13.0 Å². The number of hydrogen-bond donors (Lipinski definition) is 1. The molecule has 1 atom stereocenters. The van der Waals surface area contributed by atoms with Gasteiger partial charge in [-0.3, -0.25) is 0 Å². The van der Waals surface area contributed by atoms with Crippen LogP contribution in [0.2, 0.25) is 0 Å². The Morgan fingerprint density at radius 2 is 2.05 bits per heavy atom. The highest BCUT2D eigenvalue weighted by Gasteiger charge is 2.25. The van der Waals surface area contributed by atoms with Crippen molar-refractivity contribution in [1.29, 1.82) is 0 Å². The average molecular weight is 272 g/mol. The molecule has 1 aliphatic heterocycles. The van der Waals surface area contributed by atoms with E-state index in [1.807, 2.05) is 18.2 Å². The van der Waals surface area contributed by atoms with E-state index in [2.05, 4.69) is 9.97 Å². The first kappa shape index (κ1) is 12.4. The van der Waals surface area contributed by atoms with Gasteiger partial charge in [-0.2, -0.15) is 0 Å². The summed E-state index contributed by atoms with van der Waals surface area (Å²) in [6, 6.07) is 8.71. The number of carbonyl (C=O) groups is 1. The quantitative estimate of drug-likeness (QED) is 0.900. The molecule has 6 heteroatoms. The number of nitrogens with zero attached hydrogens (tertiary/aromatic N) is 2. The lowest BCUT2D eigenvalue weighted by atomic mass is 10.2. The molecule has 0 spiro atoms. The van der Waals surface area contributed by atoms with Gasteiger partial charge in [0.1, 0.15) is 6.61 Å². The van der Waals surface area contributed by atoms with Gasteiger partial charge in [-0.05, 0) is 25.1 Å². The van der Waals surface area contributed by atoms with Crippen LogP contribution in [0.4, 0.5) is 0 Å². The molecule has 1 N–H and O–H groups in total. The molecule has 1 aromatic heterocycles. The smallest absolute Gasteiger partial charge is 0.354 e. The first-order valence-electron chi connectivity index (χ1n) is 6.11. The SMILES string of the molecule is Cc1cc(C(=O)O)nc(C2COc3ccccc3O2)n1. The monoisotopic (exact) mass is 272 g/mol. The predicted octanol–water partition coefficient (Wildman–Crippen LogP) is 2.00. The van der Waals surface area contributed by atoms with Crippen molar-refractivity contribution in [1.82, 2.24) is 9.97 Å². The normalized spacial score (nSPS) is 16.8. The van der Waals surface area contributed by atoms with Gasteiger partial charge in [0.05, 0.1) is 0 Å². The molecule has 1 aliphatic rings. The molecule has 0 saturated heterocycles. The summed E-state index contributed by atoms with van der Waals surface area (Å²) in [6.07, 6.45) is -0.511. The van der Waals surface area contributed by atoms with E-state index in [9.17, 15) is 4.79 Å². The zero-order valence-electron chi connectivity index (χ0n) is 10.7. The summed E-state index contributed by atoms with van der Waals surface area (Å²) >= 11 is 0.